The largest absolute Gasteiger partial charge is 0.474 e. The number of hydrogen-bond acceptors (Lipinski definition) is 7. The number of carbonyl (C=O) groups is 1. The van der Waals surface area contributed by atoms with Crippen molar-refractivity contribution in [1.29, 1.82) is 0 Å². The zero-order valence-electron chi connectivity index (χ0n) is 18.6. The van der Waals surface area contributed by atoms with Gasteiger partial charge >= 0.3 is 6.03 Å². The number of hydrogen-bond donors (Lipinski definition) is 1. The molecule has 34 heavy (non-hydrogen) atoms. The number of piperazine rings is 1. The molecule has 11 nitrogen and oxygen atoms in total. The molecule has 1 aromatic carbocycles. The van der Waals surface area contributed by atoms with Gasteiger partial charge in [0.25, 0.3) is 5.69 Å². The lowest BCUT2D eigenvalue weighted by molar-refractivity contribution is -0.385. The molecule has 1 saturated carbocycles. The second kappa shape index (κ2) is 10.3. The number of non-ortho nitro benzene ring substituents is 1. The van der Waals surface area contributed by atoms with Gasteiger partial charge in [-0.05, 0) is 37.8 Å². The van der Waals surface area contributed by atoms with Crippen LogP contribution in [0.2, 0.25) is 0 Å². The van der Waals surface area contributed by atoms with Crippen molar-refractivity contribution in [3.63, 3.8) is 0 Å². The zero-order valence-corrected chi connectivity index (χ0v) is 19.4. The van der Waals surface area contributed by atoms with Crippen LogP contribution in [0.3, 0.4) is 0 Å². The van der Waals surface area contributed by atoms with E-state index in [1.54, 1.807) is 17.2 Å². The Balaban J connectivity index is 1.32. The van der Waals surface area contributed by atoms with Crippen molar-refractivity contribution in [1.82, 2.24) is 19.5 Å². The fourth-order valence-corrected chi connectivity index (χ4v) is 5.61. The number of aromatic nitrogens is 1. The maximum atomic E-state index is 12.9. The van der Waals surface area contributed by atoms with Crippen LogP contribution in [0.5, 0.6) is 5.88 Å². The number of pyridine rings is 1. The van der Waals surface area contributed by atoms with Gasteiger partial charge in [-0.15, -0.1) is 0 Å². The molecule has 1 aliphatic carbocycles. The van der Waals surface area contributed by atoms with Gasteiger partial charge in [-0.3, -0.25) is 10.1 Å². The lowest BCUT2D eigenvalue weighted by Crippen LogP contribution is -2.52. The van der Waals surface area contributed by atoms with Crippen LogP contribution < -0.4 is 10.1 Å². The van der Waals surface area contributed by atoms with Gasteiger partial charge in [-0.1, -0.05) is 12.1 Å². The van der Waals surface area contributed by atoms with Crippen LogP contribution in [-0.2, 0) is 16.6 Å². The number of urea groups is 1. The monoisotopic (exact) mass is 489 g/mol. The van der Waals surface area contributed by atoms with Crippen LogP contribution in [0.25, 0.3) is 0 Å². The predicted molar refractivity (Wildman–Crippen MR) is 123 cm³/mol. The van der Waals surface area contributed by atoms with Gasteiger partial charge in [0, 0.05) is 56.6 Å². The summed E-state index contributed by atoms with van der Waals surface area (Å²) in [6, 6.07) is 8.32. The first kappa shape index (κ1) is 23.9. The maximum absolute atomic E-state index is 12.9. The van der Waals surface area contributed by atoms with Crippen molar-refractivity contribution < 1.29 is 22.9 Å². The number of rotatable bonds is 7. The molecule has 1 saturated heterocycles. The first-order valence-corrected chi connectivity index (χ1v) is 12.7. The van der Waals surface area contributed by atoms with Crippen LogP contribution in [0.4, 0.5) is 10.5 Å². The van der Waals surface area contributed by atoms with Crippen molar-refractivity contribution in [2.75, 3.05) is 26.2 Å². The number of sulfonamides is 1. The molecule has 2 amide bonds. The van der Waals surface area contributed by atoms with Gasteiger partial charge in [0.15, 0.2) is 0 Å². The van der Waals surface area contributed by atoms with Crippen molar-refractivity contribution in [2.24, 2.45) is 0 Å². The van der Waals surface area contributed by atoms with Crippen LogP contribution in [0, 0.1) is 10.1 Å². The Morgan fingerprint density at radius 2 is 1.88 bits per heavy atom. The highest BCUT2D eigenvalue weighted by Crippen LogP contribution is 2.25. The molecule has 4 rings (SSSR count). The first-order chi connectivity index (χ1) is 16.3. The Morgan fingerprint density at radius 1 is 1.15 bits per heavy atom. The summed E-state index contributed by atoms with van der Waals surface area (Å²) in [7, 11) is -3.89. The van der Waals surface area contributed by atoms with Gasteiger partial charge in [0.05, 0.1) is 9.82 Å². The number of nitro groups is 1. The third-order valence-electron chi connectivity index (χ3n) is 6.05. The summed E-state index contributed by atoms with van der Waals surface area (Å²) in [6.45, 7) is 0.862. The minimum absolute atomic E-state index is 0.0986. The normalized spacial score (nSPS) is 17.5. The van der Waals surface area contributed by atoms with E-state index in [-0.39, 0.29) is 55.4 Å². The topological polar surface area (TPSA) is 135 Å². The van der Waals surface area contributed by atoms with Gasteiger partial charge in [0.2, 0.25) is 15.9 Å². The molecule has 1 aromatic heterocycles. The van der Waals surface area contributed by atoms with Crippen molar-refractivity contribution in [3.8, 4) is 5.88 Å². The summed E-state index contributed by atoms with van der Waals surface area (Å²) in [5.41, 5.74) is 0.500. The van der Waals surface area contributed by atoms with E-state index in [1.807, 2.05) is 6.07 Å². The molecule has 0 atom stereocenters. The van der Waals surface area contributed by atoms with E-state index in [0.29, 0.717) is 5.88 Å². The molecule has 0 spiro atoms. The molecule has 2 fully saturated rings. The zero-order chi connectivity index (χ0) is 24.1. The minimum atomic E-state index is -3.89. The van der Waals surface area contributed by atoms with Crippen LogP contribution in [0.15, 0.2) is 47.5 Å². The van der Waals surface area contributed by atoms with E-state index in [2.05, 4.69) is 10.3 Å². The van der Waals surface area contributed by atoms with Crippen molar-refractivity contribution in [2.45, 2.75) is 43.2 Å². The quantitative estimate of drug-likeness (QED) is 0.466. The van der Waals surface area contributed by atoms with Gasteiger partial charge < -0.3 is 15.0 Å². The number of nitrogens with zero attached hydrogens (tertiary/aromatic N) is 4. The molecule has 182 valence electrons. The lowest BCUT2D eigenvalue weighted by atomic mass is 10.2. The summed E-state index contributed by atoms with van der Waals surface area (Å²) in [5, 5.41) is 13.8. The van der Waals surface area contributed by atoms with E-state index in [4.69, 9.17) is 4.74 Å². The molecule has 12 heteroatoms. The number of carbonyl (C=O) groups excluding carboxylic acids is 1. The van der Waals surface area contributed by atoms with Crippen LogP contribution >= 0.6 is 0 Å². The summed E-state index contributed by atoms with van der Waals surface area (Å²) >= 11 is 0. The Bertz CT molecular complexity index is 1140. The highest BCUT2D eigenvalue weighted by Gasteiger charge is 2.31. The molecule has 1 N–H and O–H groups in total. The Labute approximate surface area is 197 Å². The minimum Gasteiger partial charge on any atom is -0.474 e. The van der Waals surface area contributed by atoms with Crippen LogP contribution in [0.1, 0.15) is 31.2 Å². The molecule has 0 unspecified atom stereocenters. The third kappa shape index (κ3) is 5.45. The molecule has 2 aromatic rings. The van der Waals surface area contributed by atoms with Gasteiger partial charge in [-0.2, -0.15) is 4.31 Å². The average molecular weight is 490 g/mol. The number of amides is 2. The van der Waals surface area contributed by atoms with Gasteiger partial charge in [-0.25, -0.2) is 18.2 Å². The summed E-state index contributed by atoms with van der Waals surface area (Å²) < 4.78 is 33.0. The van der Waals surface area contributed by atoms with Crippen LogP contribution in [-0.4, -0.2) is 65.8 Å². The number of nitrogens with one attached hydrogen (secondary N) is 1. The lowest BCUT2D eigenvalue weighted by Gasteiger charge is -2.34. The standard InChI is InChI=1S/C22H27N5O6S/c28-22(24-16-17-5-4-10-23-21(17)33-19-7-1-2-8-19)25-11-13-26(14-12-25)34(31,32)20-9-3-6-18(15-20)27(29)30/h3-6,9-10,15,19H,1-2,7-8,11-14,16H2,(H,24,28). The SMILES string of the molecule is O=C(NCc1cccnc1OC1CCCC1)N1CCN(S(=O)(=O)c2cccc([N+](=O)[O-])c2)CC1. The fourth-order valence-electron chi connectivity index (χ4n) is 4.15. The third-order valence-corrected chi connectivity index (χ3v) is 7.95. The average Bonchev–Trinajstić information content (AvgIpc) is 3.36. The molecular formula is C22H27N5O6S. The van der Waals surface area contributed by atoms with E-state index < -0.39 is 14.9 Å². The smallest absolute Gasteiger partial charge is 0.317 e. The van der Waals surface area contributed by atoms with E-state index in [9.17, 15) is 23.3 Å². The van der Waals surface area contributed by atoms with E-state index >= 15 is 0 Å². The first-order valence-electron chi connectivity index (χ1n) is 11.2. The maximum Gasteiger partial charge on any atom is 0.317 e. The molecule has 0 bridgehead atoms. The highest BCUT2D eigenvalue weighted by molar-refractivity contribution is 7.89. The Hall–Kier alpha value is -3.25. The molecule has 1 aliphatic heterocycles. The summed E-state index contributed by atoms with van der Waals surface area (Å²) in [5.74, 6) is 0.530. The van der Waals surface area contributed by atoms with Crippen molar-refractivity contribution >= 4 is 21.7 Å². The van der Waals surface area contributed by atoms with E-state index in [0.717, 1.165) is 37.3 Å². The Kier molecular flexibility index (Phi) is 7.27. The Morgan fingerprint density at radius 3 is 2.59 bits per heavy atom. The summed E-state index contributed by atoms with van der Waals surface area (Å²) in [4.78, 5) is 28.8. The second-order valence-electron chi connectivity index (χ2n) is 8.30. The van der Waals surface area contributed by atoms with Gasteiger partial charge in [0.1, 0.15) is 6.10 Å². The highest BCUT2D eigenvalue weighted by atomic mass is 32.2. The summed E-state index contributed by atoms with van der Waals surface area (Å²) in [6.07, 6.45) is 6.12. The second-order valence-corrected chi connectivity index (χ2v) is 10.2. The molecule has 0 radical (unpaired) electrons. The fraction of sp³-hybridized carbons (Fsp3) is 0.455. The van der Waals surface area contributed by atoms with Crippen molar-refractivity contribution in [3.05, 3.63) is 58.3 Å². The van der Waals surface area contributed by atoms with E-state index in [1.165, 1.54) is 22.5 Å². The number of benzene rings is 1. The number of ether oxygens (including phenoxy) is 1. The molecule has 2 heterocycles. The predicted octanol–water partition coefficient (Wildman–Crippen LogP) is 2.53. The molecule has 2 aliphatic rings. The number of nitro benzene ring substituents is 1. The molecular weight excluding hydrogens is 462 g/mol.